The Bertz CT molecular complexity index is 273. The maximum Gasteiger partial charge on any atom is 0.131 e. The van der Waals surface area contributed by atoms with Gasteiger partial charge in [-0.15, -0.1) is 0 Å². The Kier molecular flexibility index (Phi) is 3.37. The zero-order valence-corrected chi connectivity index (χ0v) is 8.61. The first-order valence-corrected chi connectivity index (χ1v) is 4.50. The molecule has 13 heavy (non-hydrogen) atoms. The van der Waals surface area contributed by atoms with E-state index in [1.54, 1.807) is 13.3 Å². The molecule has 0 aromatic carbocycles. The minimum atomic E-state index is 0.0421. The standard InChI is InChI=1S/C10H16N2O/c1-7(2)10-11-6-5-9(12-10)8(3)13-4/h5-8H,1-4H3. The van der Waals surface area contributed by atoms with Gasteiger partial charge in [0.25, 0.3) is 0 Å². The molecule has 3 nitrogen and oxygen atoms in total. The van der Waals surface area contributed by atoms with E-state index in [-0.39, 0.29) is 6.10 Å². The maximum atomic E-state index is 5.18. The number of nitrogens with zero attached hydrogens (tertiary/aromatic N) is 2. The number of hydrogen-bond donors (Lipinski definition) is 0. The summed E-state index contributed by atoms with van der Waals surface area (Å²) in [5.74, 6) is 1.24. The lowest BCUT2D eigenvalue weighted by atomic mass is 10.2. The Balaban J connectivity index is 2.91. The second-order valence-electron chi connectivity index (χ2n) is 3.37. The minimum Gasteiger partial charge on any atom is -0.375 e. The molecule has 0 aliphatic heterocycles. The molecule has 1 heterocycles. The van der Waals surface area contributed by atoms with Crippen molar-refractivity contribution in [2.45, 2.75) is 32.8 Å². The fraction of sp³-hybridized carbons (Fsp3) is 0.600. The lowest BCUT2D eigenvalue weighted by molar-refractivity contribution is 0.115. The van der Waals surface area contributed by atoms with Crippen molar-refractivity contribution in [1.29, 1.82) is 0 Å². The molecule has 0 N–H and O–H groups in total. The second kappa shape index (κ2) is 4.33. The van der Waals surface area contributed by atoms with Gasteiger partial charge in [-0.2, -0.15) is 0 Å². The highest BCUT2D eigenvalue weighted by molar-refractivity contribution is 5.06. The third-order valence-electron chi connectivity index (χ3n) is 1.98. The second-order valence-corrected chi connectivity index (χ2v) is 3.37. The van der Waals surface area contributed by atoms with Gasteiger partial charge in [-0.1, -0.05) is 13.8 Å². The molecule has 0 spiro atoms. The van der Waals surface area contributed by atoms with Crippen LogP contribution in [-0.2, 0) is 4.74 Å². The van der Waals surface area contributed by atoms with Crippen LogP contribution >= 0.6 is 0 Å². The first-order valence-electron chi connectivity index (χ1n) is 4.50. The van der Waals surface area contributed by atoms with E-state index in [2.05, 4.69) is 23.8 Å². The highest BCUT2D eigenvalue weighted by Gasteiger charge is 2.08. The maximum absolute atomic E-state index is 5.18. The van der Waals surface area contributed by atoms with Crippen LogP contribution in [0.2, 0.25) is 0 Å². The first kappa shape index (κ1) is 10.1. The highest BCUT2D eigenvalue weighted by atomic mass is 16.5. The van der Waals surface area contributed by atoms with E-state index >= 15 is 0 Å². The third kappa shape index (κ3) is 2.49. The predicted octanol–water partition coefficient (Wildman–Crippen LogP) is 2.31. The van der Waals surface area contributed by atoms with E-state index in [1.165, 1.54) is 0 Å². The summed E-state index contributed by atoms with van der Waals surface area (Å²) in [6.07, 6.45) is 1.83. The van der Waals surface area contributed by atoms with Crippen LogP contribution in [0.4, 0.5) is 0 Å². The Hall–Kier alpha value is -0.960. The Morgan fingerprint density at radius 2 is 2.00 bits per heavy atom. The fourth-order valence-electron chi connectivity index (χ4n) is 1.01. The van der Waals surface area contributed by atoms with E-state index in [4.69, 9.17) is 4.74 Å². The van der Waals surface area contributed by atoms with Crippen molar-refractivity contribution in [3.05, 3.63) is 23.8 Å². The molecule has 0 amide bonds. The molecule has 1 unspecified atom stereocenters. The largest absolute Gasteiger partial charge is 0.375 e. The van der Waals surface area contributed by atoms with Crippen molar-refractivity contribution < 1.29 is 4.74 Å². The van der Waals surface area contributed by atoms with Crippen molar-refractivity contribution in [3.63, 3.8) is 0 Å². The monoisotopic (exact) mass is 180 g/mol. The molecule has 0 bridgehead atoms. The lowest BCUT2D eigenvalue weighted by Crippen LogP contribution is -2.04. The molecule has 0 saturated heterocycles. The number of methoxy groups -OCH3 is 1. The van der Waals surface area contributed by atoms with Gasteiger partial charge in [-0.3, -0.25) is 0 Å². The smallest absolute Gasteiger partial charge is 0.131 e. The van der Waals surface area contributed by atoms with Crippen molar-refractivity contribution in [2.75, 3.05) is 7.11 Å². The average molecular weight is 180 g/mol. The zero-order chi connectivity index (χ0) is 9.84. The van der Waals surface area contributed by atoms with Gasteiger partial charge in [0, 0.05) is 19.2 Å². The molecule has 3 heteroatoms. The van der Waals surface area contributed by atoms with Gasteiger partial charge in [0.05, 0.1) is 11.8 Å². The van der Waals surface area contributed by atoms with Crippen LogP contribution in [0.5, 0.6) is 0 Å². The minimum absolute atomic E-state index is 0.0421. The van der Waals surface area contributed by atoms with Gasteiger partial charge >= 0.3 is 0 Å². The van der Waals surface area contributed by atoms with Crippen LogP contribution < -0.4 is 0 Å². The Morgan fingerprint density at radius 3 is 2.54 bits per heavy atom. The molecule has 1 rings (SSSR count). The van der Waals surface area contributed by atoms with Crippen LogP contribution in [-0.4, -0.2) is 17.1 Å². The highest BCUT2D eigenvalue weighted by Crippen LogP contribution is 2.15. The van der Waals surface area contributed by atoms with Gasteiger partial charge in [0.15, 0.2) is 0 Å². The first-order chi connectivity index (χ1) is 6.15. The fourth-order valence-corrected chi connectivity index (χ4v) is 1.01. The molecule has 0 aliphatic rings. The summed E-state index contributed by atoms with van der Waals surface area (Å²) in [6, 6.07) is 1.89. The zero-order valence-electron chi connectivity index (χ0n) is 8.61. The SMILES string of the molecule is COC(C)c1ccnc(C(C)C)n1. The average Bonchev–Trinajstić information content (AvgIpc) is 2.17. The molecule has 72 valence electrons. The Labute approximate surface area is 79.2 Å². The predicted molar refractivity (Wildman–Crippen MR) is 51.5 cm³/mol. The third-order valence-corrected chi connectivity index (χ3v) is 1.98. The Morgan fingerprint density at radius 1 is 1.31 bits per heavy atom. The molecule has 0 aliphatic carbocycles. The van der Waals surface area contributed by atoms with Crippen LogP contribution in [0.15, 0.2) is 12.3 Å². The van der Waals surface area contributed by atoms with Crippen molar-refractivity contribution in [3.8, 4) is 0 Å². The van der Waals surface area contributed by atoms with Crippen molar-refractivity contribution in [1.82, 2.24) is 9.97 Å². The number of hydrogen-bond acceptors (Lipinski definition) is 3. The van der Waals surface area contributed by atoms with E-state index < -0.39 is 0 Å². The molecule has 1 atom stereocenters. The molecule has 1 aromatic rings. The van der Waals surface area contributed by atoms with E-state index in [9.17, 15) is 0 Å². The summed E-state index contributed by atoms with van der Waals surface area (Å²) in [4.78, 5) is 8.60. The van der Waals surface area contributed by atoms with Crippen LogP contribution in [0.3, 0.4) is 0 Å². The number of ether oxygens (including phenoxy) is 1. The van der Waals surface area contributed by atoms with E-state index in [0.29, 0.717) is 5.92 Å². The van der Waals surface area contributed by atoms with E-state index in [1.807, 2.05) is 13.0 Å². The normalized spacial score (nSPS) is 13.3. The topological polar surface area (TPSA) is 35.0 Å². The van der Waals surface area contributed by atoms with Crippen LogP contribution in [0, 0.1) is 0 Å². The van der Waals surface area contributed by atoms with Crippen molar-refractivity contribution in [2.24, 2.45) is 0 Å². The summed E-state index contributed by atoms with van der Waals surface area (Å²) >= 11 is 0. The molecular formula is C10H16N2O. The van der Waals surface area contributed by atoms with Crippen LogP contribution in [0.25, 0.3) is 0 Å². The van der Waals surface area contributed by atoms with Gasteiger partial charge in [0.1, 0.15) is 5.82 Å². The summed E-state index contributed by atoms with van der Waals surface area (Å²) in [7, 11) is 1.68. The molecule has 0 fully saturated rings. The van der Waals surface area contributed by atoms with Gasteiger partial charge in [-0.25, -0.2) is 9.97 Å². The van der Waals surface area contributed by atoms with Gasteiger partial charge < -0.3 is 4.74 Å². The summed E-state index contributed by atoms with van der Waals surface area (Å²) < 4.78 is 5.18. The van der Waals surface area contributed by atoms with Crippen molar-refractivity contribution >= 4 is 0 Å². The van der Waals surface area contributed by atoms with E-state index in [0.717, 1.165) is 11.5 Å². The summed E-state index contributed by atoms with van der Waals surface area (Å²) in [5.41, 5.74) is 0.946. The van der Waals surface area contributed by atoms with Gasteiger partial charge in [0.2, 0.25) is 0 Å². The molecular weight excluding hydrogens is 164 g/mol. The van der Waals surface area contributed by atoms with Crippen LogP contribution in [0.1, 0.15) is 44.3 Å². The molecule has 0 saturated carbocycles. The lowest BCUT2D eigenvalue weighted by Gasteiger charge is -2.10. The number of rotatable bonds is 3. The molecule has 1 aromatic heterocycles. The summed E-state index contributed by atoms with van der Waals surface area (Å²) in [5, 5.41) is 0. The molecule has 0 radical (unpaired) electrons. The van der Waals surface area contributed by atoms with Gasteiger partial charge in [-0.05, 0) is 13.0 Å². The summed E-state index contributed by atoms with van der Waals surface area (Å²) in [6.45, 7) is 6.14. The quantitative estimate of drug-likeness (QED) is 0.716. The number of aromatic nitrogens is 2.